The van der Waals surface area contributed by atoms with Crippen molar-refractivity contribution >= 4 is 5.84 Å². The molecule has 1 saturated heterocycles. The van der Waals surface area contributed by atoms with E-state index in [0.29, 0.717) is 0 Å². The van der Waals surface area contributed by atoms with Crippen molar-refractivity contribution in [3.8, 4) is 5.75 Å². The number of ether oxygens (including phenoxy) is 1. The third-order valence-corrected chi connectivity index (χ3v) is 4.05. The number of amidine groups is 1. The summed E-state index contributed by atoms with van der Waals surface area (Å²) in [5.41, 5.74) is 7.46. The second kappa shape index (κ2) is 6.75. The van der Waals surface area contributed by atoms with Crippen LogP contribution in [0.3, 0.4) is 0 Å². The summed E-state index contributed by atoms with van der Waals surface area (Å²) in [4.78, 5) is 2.47. The van der Waals surface area contributed by atoms with Crippen LogP contribution in [0.1, 0.15) is 37.3 Å². The Balaban J connectivity index is 2.08. The van der Waals surface area contributed by atoms with E-state index in [1.54, 1.807) is 7.11 Å². The number of nitrogens with one attached hydrogen (secondary N) is 1. The third-order valence-electron chi connectivity index (χ3n) is 4.05. The molecule has 0 aromatic heterocycles. The molecular formula is C16H25N3O. The summed E-state index contributed by atoms with van der Waals surface area (Å²) in [5.74, 6) is 1.83. The zero-order valence-electron chi connectivity index (χ0n) is 12.5. The molecule has 1 fully saturated rings. The fourth-order valence-electron chi connectivity index (χ4n) is 3.01. The fourth-order valence-corrected chi connectivity index (χ4v) is 3.01. The first-order chi connectivity index (χ1) is 9.63. The van der Waals surface area contributed by atoms with Crippen LogP contribution >= 0.6 is 0 Å². The first-order valence-corrected chi connectivity index (χ1v) is 7.37. The van der Waals surface area contributed by atoms with Gasteiger partial charge in [-0.2, -0.15) is 0 Å². The number of likely N-dealkylation sites (tertiary alicyclic amines) is 1. The predicted octanol–water partition coefficient (Wildman–Crippen LogP) is 2.60. The monoisotopic (exact) mass is 275 g/mol. The minimum Gasteiger partial charge on any atom is -0.496 e. The van der Waals surface area contributed by atoms with Crippen molar-refractivity contribution in [1.82, 2.24) is 4.90 Å². The predicted molar refractivity (Wildman–Crippen MR) is 82.3 cm³/mol. The van der Waals surface area contributed by atoms with Gasteiger partial charge in [0.25, 0.3) is 0 Å². The summed E-state index contributed by atoms with van der Waals surface area (Å²) >= 11 is 0. The molecule has 0 spiro atoms. The van der Waals surface area contributed by atoms with Crippen LogP contribution in [0.2, 0.25) is 0 Å². The zero-order valence-corrected chi connectivity index (χ0v) is 12.5. The van der Waals surface area contributed by atoms with Gasteiger partial charge in [-0.1, -0.05) is 13.3 Å². The van der Waals surface area contributed by atoms with Crippen molar-refractivity contribution in [1.29, 1.82) is 5.41 Å². The Hall–Kier alpha value is -1.55. The highest BCUT2D eigenvalue weighted by atomic mass is 16.5. The van der Waals surface area contributed by atoms with E-state index in [1.165, 1.54) is 25.8 Å². The standard InChI is InChI=1S/C16H25N3O/c1-3-4-12-7-8-19(10-12)11-14-9-13(16(17)18)5-6-15(14)20-2/h5-6,9,12H,3-4,7-8,10-11H2,1-2H3,(H3,17,18). The largest absolute Gasteiger partial charge is 0.496 e. The van der Waals surface area contributed by atoms with Gasteiger partial charge in [-0.3, -0.25) is 10.3 Å². The second-order valence-corrected chi connectivity index (χ2v) is 5.62. The van der Waals surface area contributed by atoms with Gasteiger partial charge in [-0.05, 0) is 43.5 Å². The highest BCUT2D eigenvalue weighted by Crippen LogP contribution is 2.26. The molecule has 20 heavy (non-hydrogen) atoms. The van der Waals surface area contributed by atoms with Crippen LogP contribution in [0.15, 0.2) is 18.2 Å². The van der Waals surface area contributed by atoms with E-state index in [4.69, 9.17) is 15.9 Å². The Bertz CT molecular complexity index is 473. The molecule has 0 radical (unpaired) electrons. The number of methoxy groups -OCH3 is 1. The highest BCUT2D eigenvalue weighted by Gasteiger charge is 2.22. The van der Waals surface area contributed by atoms with Gasteiger partial charge >= 0.3 is 0 Å². The molecule has 4 nitrogen and oxygen atoms in total. The molecule has 0 aliphatic carbocycles. The average molecular weight is 275 g/mol. The molecule has 4 heteroatoms. The number of hydrogen-bond donors (Lipinski definition) is 2. The lowest BCUT2D eigenvalue weighted by atomic mass is 10.0. The summed E-state index contributed by atoms with van der Waals surface area (Å²) in [6.07, 6.45) is 3.88. The van der Waals surface area contributed by atoms with Crippen molar-refractivity contribution in [2.45, 2.75) is 32.7 Å². The van der Waals surface area contributed by atoms with Gasteiger partial charge in [0.1, 0.15) is 11.6 Å². The lowest BCUT2D eigenvalue weighted by Crippen LogP contribution is -2.21. The molecule has 3 N–H and O–H groups in total. The Morgan fingerprint density at radius 1 is 1.50 bits per heavy atom. The van der Waals surface area contributed by atoms with E-state index in [0.717, 1.165) is 35.9 Å². The lowest BCUT2D eigenvalue weighted by molar-refractivity contribution is 0.305. The van der Waals surface area contributed by atoms with Gasteiger partial charge in [0.2, 0.25) is 0 Å². The van der Waals surface area contributed by atoms with E-state index < -0.39 is 0 Å². The maximum absolute atomic E-state index is 7.55. The van der Waals surface area contributed by atoms with Gasteiger partial charge in [-0.15, -0.1) is 0 Å². The fraction of sp³-hybridized carbons (Fsp3) is 0.562. The molecule has 0 amide bonds. The van der Waals surface area contributed by atoms with Gasteiger partial charge in [0.15, 0.2) is 0 Å². The van der Waals surface area contributed by atoms with Crippen LogP contribution < -0.4 is 10.5 Å². The van der Waals surface area contributed by atoms with E-state index in [1.807, 2.05) is 18.2 Å². The molecule has 110 valence electrons. The summed E-state index contributed by atoms with van der Waals surface area (Å²) in [6, 6.07) is 5.73. The summed E-state index contributed by atoms with van der Waals surface area (Å²) < 4.78 is 5.43. The van der Waals surface area contributed by atoms with Crippen LogP contribution in [0.5, 0.6) is 5.75 Å². The number of nitrogen functional groups attached to an aromatic ring is 1. The Kier molecular flexibility index (Phi) is 5.01. The first kappa shape index (κ1) is 14.9. The molecule has 1 heterocycles. The normalized spacial score (nSPS) is 19.2. The SMILES string of the molecule is CCCC1CCN(Cc2cc(C(=N)N)ccc2OC)C1. The molecular weight excluding hydrogens is 250 g/mol. The molecule has 1 unspecified atom stereocenters. The topological polar surface area (TPSA) is 62.3 Å². The van der Waals surface area contributed by atoms with Crippen LogP contribution in [0.4, 0.5) is 0 Å². The van der Waals surface area contributed by atoms with E-state index in [9.17, 15) is 0 Å². The molecule has 1 atom stereocenters. The van der Waals surface area contributed by atoms with Crippen molar-refractivity contribution in [2.75, 3.05) is 20.2 Å². The van der Waals surface area contributed by atoms with Crippen molar-refractivity contribution in [3.05, 3.63) is 29.3 Å². The second-order valence-electron chi connectivity index (χ2n) is 5.62. The number of hydrogen-bond acceptors (Lipinski definition) is 3. The molecule has 0 bridgehead atoms. The van der Waals surface area contributed by atoms with Crippen LogP contribution in [-0.2, 0) is 6.54 Å². The maximum atomic E-state index is 7.55. The number of rotatable bonds is 6. The van der Waals surface area contributed by atoms with E-state index >= 15 is 0 Å². The van der Waals surface area contributed by atoms with E-state index in [-0.39, 0.29) is 5.84 Å². The van der Waals surface area contributed by atoms with Crippen molar-refractivity contribution in [2.24, 2.45) is 11.7 Å². The summed E-state index contributed by atoms with van der Waals surface area (Å²) in [6.45, 7) is 5.45. The molecule has 1 aromatic rings. The smallest absolute Gasteiger partial charge is 0.123 e. The average Bonchev–Trinajstić information content (AvgIpc) is 2.86. The van der Waals surface area contributed by atoms with Crippen LogP contribution in [0.25, 0.3) is 0 Å². The molecule has 1 aliphatic heterocycles. The van der Waals surface area contributed by atoms with Crippen molar-refractivity contribution < 1.29 is 4.74 Å². The van der Waals surface area contributed by atoms with Crippen LogP contribution in [0, 0.1) is 11.3 Å². The Morgan fingerprint density at radius 2 is 2.30 bits per heavy atom. The Labute approximate surface area is 121 Å². The molecule has 2 rings (SSSR count). The zero-order chi connectivity index (χ0) is 14.5. The summed E-state index contributed by atoms with van der Waals surface area (Å²) in [5, 5.41) is 7.55. The number of benzene rings is 1. The molecule has 1 aliphatic rings. The Morgan fingerprint density at radius 3 is 2.95 bits per heavy atom. The minimum absolute atomic E-state index is 0.110. The van der Waals surface area contributed by atoms with E-state index in [2.05, 4.69) is 11.8 Å². The van der Waals surface area contributed by atoms with Gasteiger partial charge in [-0.25, -0.2) is 0 Å². The van der Waals surface area contributed by atoms with Gasteiger partial charge in [0, 0.05) is 24.2 Å². The first-order valence-electron chi connectivity index (χ1n) is 7.37. The third kappa shape index (κ3) is 3.51. The van der Waals surface area contributed by atoms with Gasteiger partial charge < -0.3 is 10.5 Å². The number of nitrogens with two attached hydrogens (primary N) is 1. The van der Waals surface area contributed by atoms with Gasteiger partial charge in [0.05, 0.1) is 7.11 Å². The molecule has 0 saturated carbocycles. The highest BCUT2D eigenvalue weighted by molar-refractivity contribution is 5.95. The number of nitrogens with zero attached hydrogens (tertiary/aromatic N) is 1. The lowest BCUT2D eigenvalue weighted by Gasteiger charge is -2.18. The summed E-state index contributed by atoms with van der Waals surface area (Å²) in [7, 11) is 1.69. The maximum Gasteiger partial charge on any atom is 0.123 e. The minimum atomic E-state index is 0.110. The van der Waals surface area contributed by atoms with Crippen molar-refractivity contribution in [3.63, 3.8) is 0 Å². The van der Waals surface area contributed by atoms with Crippen LogP contribution in [-0.4, -0.2) is 30.9 Å². The molecule has 1 aromatic carbocycles. The quantitative estimate of drug-likeness (QED) is 0.619.